The van der Waals surface area contributed by atoms with Gasteiger partial charge >= 0.3 is 0 Å². The Labute approximate surface area is 128 Å². The van der Waals surface area contributed by atoms with E-state index in [0.29, 0.717) is 17.6 Å². The quantitative estimate of drug-likeness (QED) is 0.854. The van der Waals surface area contributed by atoms with Crippen molar-refractivity contribution < 1.29 is 5.11 Å². The Morgan fingerprint density at radius 1 is 1.41 bits per heavy atom. The molecule has 7 nitrogen and oxygen atoms in total. The van der Waals surface area contributed by atoms with Crippen molar-refractivity contribution in [2.75, 3.05) is 5.32 Å². The molecule has 7 heteroatoms. The monoisotopic (exact) mass is 298 g/mol. The number of aliphatic hydroxyl groups excluding tert-OH is 1. The van der Waals surface area contributed by atoms with E-state index in [9.17, 15) is 5.11 Å². The van der Waals surface area contributed by atoms with E-state index in [-0.39, 0.29) is 12.5 Å². The van der Waals surface area contributed by atoms with Crippen molar-refractivity contribution in [3.05, 3.63) is 36.4 Å². The van der Waals surface area contributed by atoms with Crippen molar-refractivity contribution in [1.29, 1.82) is 5.26 Å². The molecule has 1 fully saturated rings. The lowest BCUT2D eigenvalue weighted by atomic mass is 10.1. The van der Waals surface area contributed by atoms with Crippen LogP contribution in [0.2, 0.25) is 0 Å². The molecule has 0 aliphatic heterocycles. The summed E-state index contributed by atoms with van der Waals surface area (Å²) >= 11 is 0. The van der Waals surface area contributed by atoms with Crippen molar-refractivity contribution in [3.63, 3.8) is 0 Å². The van der Waals surface area contributed by atoms with Crippen LogP contribution in [-0.2, 0) is 13.0 Å². The normalized spacial score (nSPS) is 24.1. The van der Waals surface area contributed by atoms with Crippen LogP contribution in [0.15, 0.2) is 30.7 Å². The maximum atomic E-state index is 10.2. The van der Waals surface area contributed by atoms with Gasteiger partial charge in [0.2, 0.25) is 5.95 Å². The van der Waals surface area contributed by atoms with Gasteiger partial charge in [0.05, 0.1) is 30.3 Å². The first kappa shape index (κ1) is 14.5. The van der Waals surface area contributed by atoms with Crippen molar-refractivity contribution in [2.45, 2.75) is 38.0 Å². The van der Waals surface area contributed by atoms with Crippen LogP contribution in [0.4, 0.5) is 5.95 Å². The van der Waals surface area contributed by atoms with Gasteiger partial charge in [0.25, 0.3) is 0 Å². The second-order valence-corrected chi connectivity index (χ2v) is 5.59. The Kier molecular flexibility index (Phi) is 4.30. The van der Waals surface area contributed by atoms with E-state index >= 15 is 0 Å². The van der Waals surface area contributed by atoms with Crippen molar-refractivity contribution >= 4 is 5.95 Å². The molecular formula is C15H18N6O. The minimum absolute atomic E-state index is 0.0714. The van der Waals surface area contributed by atoms with Crippen LogP contribution in [0.1, 0.15) is 18.5 Å². The van der Waals surface area contributed by atoms with Gasteiger partial charge in [-0.3, -0.25) is 4.68 Å². The summed E-state index contributed by atoms with van der Waals surface area (Å²) < 4.78 is 1.89. The summed E-state index contributed by atoms with van der Waals surface area (Å²) in [6.45, 7) is 0.803. The van der Waals surface area contributed by atoms with Gasteiger partial charge < -0.3 is 10.4 Å². The number of nitriles is 1. The van der Waals surface area contributed by atoms with E-state index in [1.807, 2.05) is 16.9 Å². The van der Waals surface area contributed by atoms with Crippen molar-refractivity contribution in [2.24, 2.45) is 5.92 Å². The molecule has 0 radical (unpaired) electrons. The third kappa shape index (κ3) is 3.40. The molecular weight excluding hydrogens is 280 g/mol. The zero-order valence-electron chi connectivity index (χ0n) is 12.1. The van der Waals surface area contributed by atoms with Crippen LogP contribution in [0.3, 0.4) is 0 Å². The number of nitrogens with one attached hydrogen (secondary N) is 1. The fourth-order valence-corrected chi connectivity index (χ4v) is 2.91. The molecule has 3 rings (SSSR count). The molecule has 3 atom stereocenters. The Morgan fingerprint density at radius 2 is 2.32 bits per heavy atom. The molecule has 1 aliphatic rings. The smallest absolute Gasteiger partial charge is 0.223 e. The number of aromatic nitrogens is 4. The lowest BCUT2D eigenvalue weighted by molar-refractivity contribution is 0.165. The van der Waals surface area contributed by atoms with Gasteiger partial charge in [0, 0.05) is 25.1 Å². The minimum Gasteiger partial charge on any atom is -0.391 e. The Bertz CT molecular complexity index is 650. The second-order valence-electron chi connectivity index (χ2n) is 5.59. The number of anilines is 1. The van der Waals surface area contributed by atoms with Gasteiger partial charge in [-0.15, -0.1) is 0 Å². The third-order valence-electron chi connectivity index (χ3n) is 3.92. The molecule has 0 spiro atoms. The summed E-state index contributed by atoms with van der Waals surface area (Å²) in [5.41, 5.74) is 0.681. The van der Waals surface area contributed by atoms with E-state index in [4.69, 9.17) is 5.26 Å². The van der Waals surface area contributed by atoms with Crippen LogP contribution < -0.4 is 5.32 Å². The molecule has 1 aliphatic carbocycles. The molecule has 2 aromatic heterocycles. The zero-order chi connectivity index (χ0) is 15.4. The summed E-state index contributed by atoms with van der Waals surface area (Å²) in [6.07, 6.45) is 6.72. The highest BCUT2D eigenvalue weighted by molar-refractivity contribution is 5.28. The topological polar surface area (TPSA) is 99.7 Å². The standard InChI is InChI=1S/C15H18N6O/c16-4-2-12-3-6-17-15(19-12)20-13-8-11(9-14(13)22)10-21-7-1-5-18-21/h1,3,5-7,11,13-14,22H,2,8-10H2,(H,17,19,20)/t11?,13-,14-/m1/s1. The highest BCUT2D eigenvalue weighted by atomic mass is 16.3. The molecule has 0 saturated heterocycles. The van der Waals surface area contributed by atoms with Crippen LogP contribution in [-0.4, -0.2) is 37.0 Å². The lowest BCUT2D eigenvalue weighted by Crippen LogP contribution is -2.29. The predicted molar refractivity (Wildman–Crippen MR) is 79.7 cm³/mol. The van der Waals surface area contributed by atoms with Gasteiger partial charge in [-0.05, 0) is 30.9 Å². The fraction of sp³-hybridized carbons (Fsp3) is 0.467. The number of hydrogen-bond donors (Lipinski definition) is 2. The van der Waals surface area contributed by atoms with Crippen LogP contribution in [0.25, 0.3) is 0 Å². The summed E-state index contributed by atoms with van der Waals surface area (Å²) in [6, 6.07) is 5.62. The first-order valence-electron chi connectivity index (χ1n) is 7.35. The molecule has 2 N–H and O–H groups in total. The molecule has 1 saturated carbocycles. The average Bonchev–Trinajstić information content (AvgIpc) is 3.11. The molecule has 0 amide bonds. The van der Waals surface area contributed by atoms with E-state index < -0.39 is 6.10 Å². The Balaban J connectivity index is 1.61. The SMILES string of the molecule is N#CCc1ccnc(N[C@@H]2CC(Cn3cccn3)C[C@H]2O)n1. The van der Waals surface area contributed by atoms with Crippen molar-refractivity contribution in [1.82, 2.24) is 19.7 Å². The molecule has 22 heavy (non-hydrogen) atoms. The van der Waals surface area contributed by atoms with Gasteiger partial charge in [-0.1, -0.05) is 0 Å². The van der Waals surface area contributed by atoms with Gasteiger partial charge in [0.15, 0.2) is 0 Å². The average molecular weight is 298 g/mol. The second kappa shape index (κ2) is 6.54. The molecule has 0 bridgehead atoms. The molecule has 2 heterocycles. The van der Waals surface area contributed by atoms with E-state index in [1.54, 1.807) is 18.5 Å². The van der Waals surface area contributed by atoms with Gasteiger partial charge in [0.1, 0.15) is 0 Å². The fourth-order valence-electron chi connectivity index (χ4n) is 2.91. The largest absolute Gasteiger partial charge is 0.391 e. The minimum atomic E-state index is -0.427. The molecule has 1 unspecified atom stereocenters. The number of hydrogen-bond acceptors (Lipinski definition) is 6. The summed E-state index contributed by atoms with van der Waals surface area (Å²) in [4.78, 5) is 8.45. The molecule has 0 aromatic carbocycles. The van der Waals surface area contributed by atoms with Crippen LogP contribution in [0, 0.1) is 17.2 Å². The van der Waals surface area contributed by atoms with E-state index in [1.165, 1.54) is 0 Å². The van der Waals surface area contributed by atoms with Crippen LogP contribution >= 0.6 is 0 Å². The van der Waals surface area contributed by atoms with Gasteiger partial charge in [-0.25, -0.2) is 9.97 Å². The maximum Gasteiger partial charge on any atom is 0.223 e. The summed E-state index contributed by atoms with van der Waals surface area (Å²) in [5, 5.41) is 26.3. The lowest BCUT2D eigenvalue weighted by Gasteiger charge is -2.16. The van der Waals surface area contributed by atoms with E-state index in [2.05, 4.69) is 26.5 Å². The zero-order valence-corrected chi connectivity index (χ0v) is 12.1. The first-order valence-corrected chi connectivity index (χ1v) is 7.35. The molecule has 114 valence electrons. The number of rotatable bonds is 5. The van der Waals surface area contributed by atoms with E-state index in [0.717, 1.165) is 19.4 Å². The predicted octanol–water partition coefficient (Wildman–Crippen LogP) is 0.991. The molecule has 2 aromatic rings. The third-order valence-corrected chi connectivity index (χ3v) is 3.92. The Morgan fingerprint density at radius 3 is 3.09 bits per heavy atom. The van der Waals surface area contributed by atoms with Gasteiger partial charge in [-0.2, -0.15) is 10.4 Å². The first-order chi connectivity index (χ1) is 10.7. The summed E-state index contributed by atoms with van der Waals surface area (Å²) in [7, 11) is 0. The van der Waals surface area contributed by atoms with Crippen LogP contribution in [0.5, 0.6) is 0 Å². The Hall–Kier alpha value is -2.46. The summed E-state index contributed by atoms with van der Waals surface area (Å²) in [5.74, 6) is 0.839. The maximum absolute atomic E-state index is 10.2. The van der Waals surface area contributed by atoms with Crippen molar-refractivity contribution in [3.8, 4) is 6.07 Å². The highest BCUT2D eigenvalue weighted by Crippen LogP contribution is 2.29. The number of aliphatic hydroxyl groups is 1. The highest BCUT2D eigenvalue weighted by Gasteiger charge is 2.33. The number of nitrogens with zero attached hydrogens (tertiary/aromatic N) is 5.